The Morgan fingerprint density at radius 2 is 1.71 bits per heavy atom. The molecule has 0 bridgehead atoms. The van der Waals surface area contributed by atoms with Crippen molar-refractivity contribution in [3.05, 3.63) is 70.8 Å². The first-order chi connectivity index (χ1) is 10.1. The van der Waals surface area contributed by atoms with E-state index in [0.29, 0.717) is 21.9 Å². The summed E-state index contributed by atoms with van der Waals surface area (Å²) >= 11 is 5.78. The second kappa shape index (κ2) is 6.86. The lowest BCUT2D eigenvalue weighted by atomic mass is 10.1. The van der Waals surface area contributed by atoms with Crippen LogP contribution < -0.4 is 4.74 Å². The van der Waals surface area contributed by atoms with E-state index < -0.39 is 5.97 Å². The zero-order chi connectivity index (χ0) is 15.2. The number of benzene rings is 2. The summed E-state index contributed by atoms with van der Waals surface area (Å²) in [5.41, 5.74) is 1.20. The predicted molar refractivity (Wildman–Crippen MR) is 82.6 cm³/mol. The number of rotatable bonds is 4. The van der Waals surface area contributed by atoms with E-state index in [-0.39, 0.29) is 5.78 Å². The highest BCUT2D eigenvalue weighted by Crippen LogP contribution is 2.20. The minimum atomic E-state index is -0.403. The first-order valence-electron chi connectivity index (χ1n) is 6.31. The standard InChI is InChI=1S/C17H13ClO3/c1-12(19)21-17-5-3-2-4-14(17)8-11-16(20)13-6-9-15(18)10-7-13/h2-11H,1H3/b11-8+. The molecule has 4 heteroatoms. The number of ether oxygens (including phenoxy) is 1. The van der Waals surface area contributed by atoms with Crippen LogP contribution in [0.15, 0.2) is 54.6 Å². The van der Waals surface area contributed by atoms with Crippen LogP contribution in [0.2, 0.25) is 5.02 Å². The monoisotopic (exact) mass is 300 g/mol. The zero-order valence-corrected chi connectivity index (χ0v) is 12.1. The molecule has 2 aromatic rings. The van der Waals surface area contributed by atoms with E-state index in [2.05, 4.69) is 0 Å². The first-order valence-corrected chi connectivity index (χ1v) is 6.69. The quantitative estimate of drug-likeness (QED) is 0.368. The molecule has 0 aromatic heterocycles. The van der Waals surface area contributed by atoms with Crippen molar-refractivity contribution in [2.45, 2.75) is 6.92 Å². The SMILES string of the molecule is CC(=O)Oc1ccccc1/C=C/C(=O)c1ccc(Cl)cc1. The van der Waals surface area contributed by atoms with Crippen LogP contribution in [0.25, 0.3) is 6.08 Å². The van der Waals surface area contributed by atoms with Gasteiger partial charge in [0.15, 0.2) is 5.78 Å². The molecule has 0 saturated carbocycles. The fourth-order valence-corrected chi connectivity index (χ4v) is 1.87. The maximum absolute atomic E-state index is 12.0. The van der Waals surface area contributed by atoms with Crippen molar-refractivity contribution in [3.8, 4) is 5.75 Å². The number of halogens is 1. The van der Waals surface area contributed by atoms with Crippen molar-refractivity contribution >= 4 is 29.4 Å². The van der Waals surface area contributed by atoms with Gasteiger partial charge in [-0.3, -0.25) is 9.59 Å². The molecule has 0 unspecified atom stereocenters. The fourth-order valence-electron chi connectivity index (χ4n) is 1.74. The molecule has 0 fully saturated rings. The van der Waals surface area contributed by atoms with E-state index in [1.54, 1.807) is 54.6 Å². The number of ketones is 1. The van der Waals surface area contributed by atoms with Crippen LogP contribution >= 0.6 is 11.6 Å². The highest BCUT2D eigenvalue weighted by molar-refractivity contribution is 6.30. The Labute approximate surface area is 127 Å². The average molecular weight is 301 g/mol. The molecule has 0 heterocycles. The van der Waals surface area contributed by atoms with Crippen LogP contribution in [0.1, 0.15) is 22.8 Å². The van der Waals surface area contributed by atoms with Gasteiger partial charge < -0.3 is 4.74 Å². The molecule has 2 rings (SSSR count). The Hall–Kier alpha value is -2.39. The van der Waals surface area contributed by atoms with Crippen LogP contribution in [0.4, 0.5) is 0 Å². The van der Waals surface area contributed by atoms with Crippen LogP contribution in [0, 0.1) is 0 Å². The highest BCUT2D eigenvalue weighted by Gasteiger charge is 2.05. The molecule has 0 radical (unpaired) electrons. The number of esters is 1. The number of carbonyl (C=O) groups is 2. The normalized spacial score (nSPS) is 10.6. The summed E-state index contributed by atoms with van der Waals surface area (Å²) in [7, 11) is 0. The van der Waals surface area contributed by atoms with Gasteiger partial charge in [-0.15, -0.1) is 0 Å². The van der Waals surface area contributed by atoms with Gasteiger partial charge >= 0.3 is 5.97 Å². The Kier molecular flexibility index (Phi) is 4.90. The molecule has 0 atom stereocenters. The predicted octanol–water partition coefficient (Wildman–Crippen LogP) is 4.16. The summed E-state index contributed by atoms with van der Waals surface area (Å²) < 4.78 is 5.08. The van der Waals surface area contributed by atoms with E-state index in [9.17, 15) is 9.59 Å². The molecule has 0 saturated heterocycles. The summed E-state index contributed by atoms with van der Waals surface area (Å²) in [5.74, 6) is -0.130. The van der Waals surface area contributed by atoms with Gasteiger partial charge in [-0.1, -0.05) is 29.8 Å². The summed E-state index contributed by atoms with van der Waals surface area (Å²) in [4.78, 5) is 23.1. The van der Waals surface area contributed by atoms with Gasteiger partial charge in [0, 0.05) is 23.1 Å². The van der Waals surface area contributed by atoms with Crippen molar-refractivity contribution in [2.75, 3.05) is 0 Å². The van der Waals surface area contributed by atoms with Crippen LogP contribution in [-0.4, -0.2) is 11.8 Å². The van der Waals surface area contributed by atoms with Crippen molar-refractivity contribution in [3.63, 3.8) is 0 Å². The van der Waals surface area contributed by atoms with Crippen LogP contribution in [-0.2, 0) is 4.79 Å². The average Bonchev–Trinajstić information content (AvgIpc) is 2.46. The molecule has 0 amide bonds. The van der Waals surface area contributed by atoms with Crippen molar-refractivity contribution in [1.82, 2.24) is 0 Å². The van der Waals surface area contributed by atoms with Gasteiger partial charge in [-0.25, -0.2) is 0 Å². The third kappa shape index (κ3) is 4.29. The van der Waals surface area contributed by atoms with Crippen molar-refractivity contribution < 1.29 is 14.3 Å². The van der Waals surface area contributed by atoms with E-state index >= 15 is 0 Å². The maximum Gasteiger partial charge on any atom is 0.308 e. The van der Waals surface area contributed by atoms with Gasteiger partial charge in [0.1, 0.15) is 5.75 Å². The summed E-state index contributed by atoms with van der Waals surface area (Å²) in [6.07, 6.45) is 3.06. The Morgan fingerprint density at radius 1 is 1.05 bits per heavy atom. The Bertz CT molecular complexity index is 687. The Morgan fingerprint density at radius 3 is 2.38 bits per heavy atom. The Balaban J connectivity index is 2.19. The molecule has 21 heavy (non-hydrogen) atoms. The topological polar surface area (TPSA) is 43.4 Å². The molecule has 3 nitrogen and oxygen atoms in total. The summed E-state index contributed by atoms with van der Waals surface area (Å²) in [6.45, 7) is 1.33. The second-order valence-electron chi connectivity index (χ2n) is 4.34. The highest BCUT2D eigenvalue weighted by atomic mass is 35.5. The molecule has 106 valence electrons. The fraction of sp³-hybridized carbons (Fsp3) is 0.0588. The minimum Gasteiger partial charge on any atom is -0.426 e. The first kappa shape index (κ1) is 15.0. The maximum atomic E-state index is 12.0. The van der Waals surface area contributed by atoms with E-state index in [0.717, 1.165) is 0 Å². The molecule has 2 aromatic carbocycles. The molecule has 0 aliphatic heterocycles. The van der Waals surface area contributed by atoms with Gasteiger partial charge in [-0.05, 0) is 42.5 Å². The van der Waals surface area contributed by atoms with Crippen LogP contribution in [0.3, 0.4) is 0 Å². The zero-order valence-electron chi connectivity index (χ0n) is 11.4. The molecule has 0 aliphatic rings. The van der Waals surface area contributed by atoms with E-state index in [1.165, 1.54) is 13.0 Å². The van der Waals surface area contributed by atoms with Crippen molar-refractivity contribution in [1.29, 1.82) is 0 Å². The third-order valence-electron chi connectivity index (χ3n) is 2.72. The van der Waals surface area contributed by atoms with Gasteiger partial charge in [0.25, 0.3) is 0 Å². The molecule has 0 aliphatic carbocycles. The van der Waals surface area contributed by atoms with Gasteiger partial charge in [0.05, 0.1) is 0 Å². The van der Waals surface area contributed by atoms with Gasteiger partial charge in [-0.2, -0.15) is 0 Å². The van der Waals surface area contributed by atoms with Crippen LogP contribution in [0.5, 0.6) is 5.75 Å². The number of allylic oxidation sites excluding steroid dienone is 1. The second-order valence-corrected chi connectivity index (χ2v) is 4.77. The molecule has 0 N–H and O–H groups in total. The van der Waals surface area contributed by atoms with E-state index in [1.807, 2.05) is 0 Å². The number of carbonyl (C=O) groups excluding carboxylic acids is 2. The third-order valence-corrected chi connectivity index (χ3v) is 2.97. The smallest absolute Gasteiger partial charge is 0.308 e. The van der Waals surface area contributed by atoms with Crippen molar-refractivity contribution in [2.24, 2.45) is 0 Å². The summed E-state index contributed by atoms with van der Waals surface area (Å²) in [6, 6.07) is 13.7. The largest absolute Gasteiger partial charge is 0.426 e. The number of hydrogen-bond acceptors (Lipinski definition) is 3. The van der Waals surface area contributed by atoms with Gasteiger partial charge in [0.2, 0.25) is 0 Å². The number of para-hydroxylation sites is 1. The lowest BCUT2D eigenvalue weighted by Gasteiger charge is -2.04. The lowest BCUT2D eigenvalue weighted by molar-refractivity contribution is -0.131. The minimum absolute atomic E-state index is 0.149. The molecule has 0 spiro atoms. The molecular weight excluding hydrogens is 288 g/mol. The number of hydrogen-bond donors (Lipinski definition) is 0. The summed E-state index contributed by atoms with van der Waals surface area (Å²) in [5, 5.41) is 0.579. The molecular formula is C17H13ClO3. The van der Waals surface area contributed by atoms with E-state index in [4.69, 9.17) is 16.3 Å². The lowest BCUT2D eigenvalue weighted by Crippen LogP contribution is -2.02.